The first-order chi connectivity index (χ1) is 10.0. The molecule has 4 nitrogen and oxygen atoms in total. The van der Waals surface area contributed by atoms with Crippen LogP contribution in [0.25, 0.3) is 0 Å². The van der Waals surface area contributed by atoms with Crippen LogP contribution < -0.4 is 11.1 Å². The minimum Gasteiger partial charge on any atom is -0.462 e. The van der Waals surface area contributed by atoms with E-state index in [1.807, 2.05) is 25.1 Å². The lowest BCUT2D eigenvalue weighted by atomic mass is 10.1. The first-order valence-corrected chi connectivity index (χ1v) is 7.41. The van der Waals surface area contributed by atoms with Crippen LogP contribution in [0, 0.1) is 6.92 Å². The molecular weight excluding hydrogens is 332 g/mol. The first-order valence-electron chi connectivity index (χ1n) is 6.61. The monoisotopic (exact) mass is 348 g/mol. The van der Waals surface area contributed by atoms with E-state index in [9.17, 15) is 4.79 Å². The van der Waals surface area contributed by atoms with Crippen molar-refractivity contribution < 1.29 is 9.53 Å². The molecule has 0 aromatic heterocycles. The first kappa shape index (κ1) is 15.4. The number of carbonyl (C=O) groups excluding carboxylic acids is 1. The highest BCUT2D eigenvalue weighted by Crippen LogP contribution is 2.31. The van der Waals surface area contributed by atoms with E-state index in [2.05, 4.69) is 21.2 Å². The lowest BCUT2D eigenvalue weighted by molar-refractivity contribution is 0.0526. The zero-order valence-corrected chi connectivity index (χ0v) is 13.5. The Bertz CT molecular complexity index is 671. The van der Waals surface area contributed by atoms with Gasteiger partial charge < -0.3 is 15.8 Å². The van der Waals surface area contributed by atoms with Crippen molar-refractivity contribution in [2.75, 3.05) is 17.7 Å². The summed E-state index contributed by atoms with van der Waals surface area (Å²) in [6.45, 7) is 4.13. The summed E-state index contributed by atoms with van der Waals surface area (Å²) in [4.78, 5) is 11.8. The number of aryl methyl sites for hydroxylation is 1. The van der Waals surface area contributed by atoms with Crippen molar-refractivity contribution in [2.24, 2.45) is 0 Å². The zero-order chi connectivity index (χ0) is 15.4. The number of hydrogen-bond acceptors (Lipinski definition) is 4. The number of carbonyl (C=O) groups is 1. The minimum absolute atomic E-state index is 0.343. The van der Waals surface area contributed by atoms with Crippen molar-refractivity contribution >= 4 is 39.0 Å². The van der Waals surface area contributed by atoms with Crippen molar-refractivity contribution in [3.8, 4) is 0 Å². The van der Waals surface area contributed by atoms with Gasteiger partial charge in [-0.25, -0.2) is 4.79 Å². The average molecular weight is 349 g/mol. The number of anilines is 3. The van der Waals surface area contributed by atoms with E-state index in [0.29, 0.717) is 23.5 Å². The van der Waals surface area contributed by atoms with Gasteiger partial charge in [0.2, 0.25) is 0 Å². The second kappa shape index (κ2) is 6.63. The number of nitrogens with two attached hydrogens (primary N) is 1. The number of nitrogen functional groups attached to an aromatic ring is 1. The molecule has 2 aromatic carbocycles. The molecule has 21 heavy (non-hydrogen) atoms. The molecule has 5 heteroatoms. The number of halogens is 1. The Morgan fingerprint density at radius 3 is 2.76 bits per heavy atom. The summed E-state index contributed by atoms with van der Waals surface area (Å²) >= 11 is 3.54. The average Bonchev–Trinajstić information content (AvgIpc) is 2.46. The Hall–Kier alpha value is -2.01. The fourth-order valence-corrected chi connectivity index (χ4v) is 2.26. The van der Waals surface area contributed by atoms with Crippen molar-refractivity contribution in [3.05, 3.63) is 52.0 Å². The van der Waals surface area contributed by atoms with Crippen LogP contribution in [0.2, 0.25) is 0 Å². The maximum absolute atomic E-state index is 11.8. The number of benzene rings is 2. The van der Waals surface area contributed by atoms with E-state index in [0.717, 1.165) is 15.7 Å². The molecule has 0 unspecified atom stereocenters. The van der Waals surface area contributed by atoms with Crippen LogP contribution in [-0.4, -0.2) is 12.6 Å². The van der Waals surface area contributed by atoms with Gasteiger partial charge in [-0.3, -0.25) is 0 Å². The largest absolute Gasteiger partial charge is 0.462 e. The molecule has 0 atom stereocenters. The van der Waals surface area contributed by atoms with E-state index in [1.54, 1.807) is 25.1 Å². The van der Waals surface area contributed by atoms with Crippen LogP contribution in [0.3, 0.4) is 0 Å². The standard InChI is InChI=1S/C16H17BrN2O2/c1-3-21-16(20)11-7-8-12(18)14(9-11)19-13-6-4-5-10(2)15(13)17/h4-9,19H,3,18H2,1-2H3. The number of esters is 1. The number of rotatable bonds is 4. The maximum Gasteiger partial charge on any atom is 0.338 e. The van der Waals surface area contributed by atoms with Crippen molar-refractivity contribution in [3.63, 3.8) is 0 Å². The molecule has 0 aliphatic heterocycles. The lowest BCUT2D eigenvalue weighted by Gasteiger charge is -2.13. The van der Waals surface area contributed by atoms with Crippen LogP contribution >= 0.6 is 15.9 Å². The fraction of sp³-hybridized carbons (Fsp3) is 0.188. The Morgan fingerprint density at radius 1 is 1.29 bits per heavy atom. The normalized spacial score (nSPS) is 10.2. The van der Waals surface area contributed by atoms with Crippen LogP contribution in [-0.2, 0) is 4.74 Å². The second-order valence-electron chi connectivity index (χ2n) is 4.58. The lowest BCUT2D eigenvalue weighted by Crippen LogP contribution is -2.06. The minimum atomic E-state index is -0.358. The Kier molecular flexibility index (Phi) is 4.85. The molecule has 2 aromatic rings. The molecule has 0 fully saturated rings. The smallest absolute Gasteiger partial charge is 0.338 e. The Labute approximate surface area is 132 Å². The Balaban J connectivity index is 2.33. The van der Waals surface area contributed by atoms with Gasteiger partial charge in [-0.1, -0.05) is 12.1 Å². The summed E-state index contributed by atoms with van der Waals surface area (Å²) in [7, 11) is 0. The van der Waals surface area contributed by atoms with Crippen LogP contribution in [0.15, 0.2) is 40.9 Å². The summed E-state index contributed by atoms with van der Waals surface area (Å²) in [5.74, 6) is -0.358. The van der Waals surface area contributed by atoms with Crippen LogP contribution in [0.1, 0.15) is 22.8 Å². The van der Waals surface area contributed by atoms with Gasteiger partial charge >= 0.3 is 5.97 Å². The molecule has 0 saturated carbocycles. The third kappa shape index (κ3) is 3.55. The van der Waals surface area contributed by atoms with E-state index in [-0.39, 0.29) is 5.97 Å². The summed E-state index contributed by atoms with van der Waals surface area (Å²) in [5.41, 5.74) is 9.68. The zero-order valence-electron chi connectivity index (χ0n) is 11.9. The van der Waals surface area contributed by atoms with Gasteiger partial charge in [0, 0.05) is 4.47 Å². The Morgan fingerprint density at radius 2 is 2.05 bits per heavy atom. The van der Waals surface area contributed by atoms with E-state index >= 15 is 0 Å². The summed E-state index contributed by atoms with van der Waals surface area (Å²) in [5, 5.41) is 3.24. The molecule has 0 saturated heterocycles. The van der Waals surface area contributed by atoms with E-state index < -0.39 is 0 Å². The van der Waals surface area contributed by atoms with Crippen molar-refractivity contribution in [1.82, 2.24) is 0 Å². The summed E-state index contributed by atoms with van der Waals surface area (Å²) < 4.78 is 5.96. The predicted molar refractivity (Wildman–Crippen MR) is 89.0 cm³/mol. The molecule has 0 aliphatic carbocycles. The van der Waals surface area contributed by atoms with Crippen molar-refractivity contribution in [2.45, 2.75) is 13.8 Å². The van der Waals surface area contributed by atoms with Gasteiger partial charge in [0.25, 0.3) is 0 Å². The third-order valence-corrected chi connectivity index (χ3v) is 4.08. The topological polar surface area (TPSA) is 64.3 Å². The molecule has 0 bridgehead atoms. The number of nitrogens with one attached hydrogen (secondary N) is 1. The molecule has 110 valence electrons. The van der Waals surface area contributed by atoms with Gasteiger partial charge in [-0.2, -0.15) is 0 Å². The summed E-state index contributed by atoms with van der Waals surface area (Å²) in [6.07, 6.45) is 0. The number of hydrogen-bond donors (Lipinski definition) is 2. The molecule has 0 radical (unpaired) electrons. The highest BCUT2D eigenvalue weighted by Gasteiger charge is 2.10. The molecule has 2 rings (SSSR count). The van der Waals surface area contributed by atoms with Gasteiger partial charge in [-0.05, 0) is 59.6 Å². The molecule has 0 spiro atoms. The van der Waals surface area contributed by atoms with Gasteiger partial charge in [0.15, 0.2) is 0 Å². The van der Waals surface area contributed by atoms with E-state index in [1.165, 1.54) is 0 Å². The fourth-order valence-electron chi connectivity index (χ4n) is 1.89. The van der Waals surface area contributed by atoms with Crippen LogP contribution in [0.4, 0.5) is 17.1 Å². The molecule has 0 amide bonds. The number of ether oxygens (including phenoxy) is 1. The molecule has 3 N–H and O–H groups in total. The van der Waals surface area contributed by atoms with Gasteiger partial charge in [-0.15, -0.1) is 0 Å². The van der Waals surface area contributed by atoms with E-state index in [4.69, 9.17) is 10.5 Å². The van der Waals surface area contributed by atoms with Gasteiger partial charge in [0.05, 0.1) is 29.2 Å². The second-order valence-corrected chi connectivity index (χ2v) is 5.38. The van der Waals surface area contributed by atoms with Crippen LogP contribution in [0.5, 0.6) is 0 Å². The SMILES string of the molecule is CCOC(=O)c1ccc(N)c(Nc2cccc(C)c2Br)c1. The third-order valence-electron chi connectivity index (χ3n) is 3.03. The van der Waals surface area contributed by atoms with Gasteiger partial charge in [0.1, 0.15) is 0 Å². The highest BCUT2D eigenvalue weighted by molar-refractivity contribution is 9.10. The molecular formula is C16H17BrN2O2. The molecule has 0 aliphatic rings. The predicted octanol–water partition coefficient (Wildman–Crippen LogP) is 4.26. The maximum atomic E-state index is 11.8. The summed E-state index contributed by atoms with van der Waals surface area (Å²) in [6, 6.07) is 10.9. The molecule has 0 heterocycles. The quantitative estimate of drug-likeness (QED) is 0.639. The van der Waals surface area contributed by atoms with Crippen molar-refractivity contribution in [1.29, 1.82) is 0 Å². The highest BCUT2D eigenvalue weighted by atomic mass is 79.9.